The number of hydrogen-bond donors (Lipinski definition) is 4. The van der Waals surface area contributed by atoms with E-state index in [0.29, 0.717) is 5.56 Å². The Balaban J connectivity index is 1.61. The van der Waals surface area contributed by atoms with Crippen molar-refractivity contribution >= 4 is 23.7 Å². The van der Waals surface area contributed by atoms with E-state index in [0.717, 1.165) is 14.0 Å². The van der Waals surface area contributed by atoms with E-state index in [4.69, 9.17) is 18.6 Å². The van der Waals surface area contributed by atoms with Gasteiger partial charge in [-0.05, 0) is 18.9 Å². The average molecular weight is 577 g/mol. The summed E-state index contributed by atoms with van der Waals surface area (Å²) in [4.78, 5) is 52.7. The van der Waals surface area contributed by atoms with Crippen molar-refractivity contribution in [2.45, 2.75) is 88.5 Å². The van der Waals surface area contributed by atoms with E-state index >= 15 is 0 Å². The van der Waals surface area contributed by atoms with Gasteiger partial charge in [0.2, 0.25) is 0 Å². The molecule has 1 saturated heterocycles. The molecule has 4 saturated carbocycles. The number of aliphatic hydroxyl groups excluding tert-OH is 2. The molecule has 12 nitrogen and oxygen atoms in total. The summed E-state index contributed by atoms with van der Waals surface area (Å²) in [6, 6.07) is 1.58. The number of methoxy groups -OCH3 is 1. The Morgan fingerprint density at radius 2 is 1.85 bits per heavy atom. The van der Waals surface area contributed by atoms with Crippen LogP contribution in [-0.4, -0.2) is 80.2 Å². The maximum absolute atomic E-state index is 14.2. The number of carbonyl (C=O) groups is 4. The molecule has 4 N–H and O–H groups in total. The van der Waals surface area contributed by atoms with Gasteiger partial charge in [0.1, 0.15) is 28.7 Å². The topological polar surface area (TPSA) is 190 Å². The van der Waals surface area contributed by atoms with E-state index in [-0.39, 0.29) is 19.3 Å². The zero-order chi connectivity index (χ0) is 30.1. The van der Waals surface area contributed by atoms with Gasteiger partial charge < -0.3 is 39.1 Å². The Morgan fingerprint density at radius 1 is 1.17 bits per heavy atom. The Hall–Kier alpha value is -2.80. The van der Waals surface area contributed by atoms with Gasteiger partial charge in [0, 0.05) is 47.0 Å². The number of carbonyl (C=O) groups excluding carboxylic acids is 4. The van der Waals surface area contributed by atoms with Gasteiger partial charge in [-0.3, -0.25) is 14.4 Å². The van der Waals surface area contributed by atoms with Gasteiger partial charge in [-0.2, -0.15) is 0 Å². The lowest BCUT2D eigenvalue weighted by atomic mass is 9.35. The third-order valence-corrected chi connectivity index (χ3v) is 12.0. The molecule has 1 aromatic rings. The van der Waals surface area contributed by atoms with Crippen molar-refractivity contribution in [3.8, 4) is 0 Å². The van der Waals surface area contributed by atoms with E-state index in [1.165, 1.54) is 12.5 Å². The standard InChI is InChI=1S/C29H36O12/c1-13(30)41-27-12-24(2)19(18(32)23(35)38-5)26(27,4)15-6-8-25(3)22(14-7-9-39-11-14)40-16(31)10-28(25,36)29(15,37)21(34)17(27)20(24)33/h7,9,11,15,17-19,21-22,32,34,36-37H,6,8,10,12H2,1-5H3/t15-,17-,18-,19+,21+,22+,24-,25+,26-,27+,28-,29+/m1/s1. The van der Waals surface area contributed by atoms with Crippen molar-refractivity contribution < 1.29 is 58.2 Å². The summed E-state index contributed by atoms with van der Waals surface area (Å²) >= 11 is 0. The number of Topliss-reactive ketones (excluding diaryl/α,β-unsaturated/α-hetero) is 1. The van der Waals surface area contributed by atoms with Crippen molar-refractivity contribution in [3.05, 3.63) is 24.2 Å². The molecule has 0 aromatic carbocycles. The van der Waals surface area contributed by atoms with Crippen LogP contribution in [0.25, 0.3) is 0 Å². The number of cyclic esters (lactones) is 1. The summed E-state index contributed by atoms with van der Waals surface area (Å²) in [6.07, 6.45) is -2.67. The highest BCUT2D eigenvalue weighted by molar-refractivity contribution is 5.96. The number of aliphatic hydroxyl groups is 4. The molecule has 1 aromatic heterocycles. The maximum atomic E-state index is 14.2. The molecule has 0 unspecified atom stereocenters. The lowest BCUT2D eigenvalue weighted by Crippen LogP contribution is -2.86. The van der Waals surface area contributed by atoms with Gasteiger partial charge in [-0.25, -0.2) is 4.79 Å². The van der Waals surface area contributed by atoms with Gasteiger partial charge in [0.15, 0.2) is 6.10 Å². The van der Waals surface area contributed by atoms with Crippen LogP contribution in [0.1, 0.15) is 65.0 Å². The highest BCUT2D eigenvalue weighted by Crippen LogP contribution is 2.81. The van der Waals surface area contributed by atoms with Crippen LogP contribution in [0.5, 0.6) is 0 Å². The normalized spacial score (nSPS) is 50.4. The van der Waals surface area contributed by atoms with Crippen LogP contribution in [0.15, 0.2) is 23.0 Å². The number of hydrogen-bond acceptors (Lipinski definition) is 12. The molecule has 5 fully saturated rings. The summed E-state index contributed by atoms with van der Waals surface area (Å²) in [7, 11) is 1.09. The molecular formula is C29H36O12. The molecule has 0 amide bonds. The molecule has 12 heteroatoms. The van der Waals surface area contributed by atoms with Gasteiger partial charge in [-0.1, -0.05) is 20.8 Å². The molecule has 1 aliphatic heterocycles. The zero-order valence-electron chi connectivity index (χ0n) is 23.6. The first-order valence-electron chi connectivity index (χ1n) is 13.9. The van der Waals surface area contributed by atoms with E-state index in [2.05, 4.69) is 0 Å². The van der Waals surface area contributed by atoms with Crippen molar-refractivity contribution in [1.29, 1.82) is 0 Å². The minimum Gasteiger partial charge on any atom is -0.472 e. The Bertz CT molecular complexity index is 1340. The van der Waals surface area contributed by atoms with Crippen molar-refractivity contribution in [1.82, 2.24) is 0 Å². The number of ketones is 1. The number of ether oxygens (including phenoxy) is 3. The third kappa shape index (κ3) is 2.85. The first kappa shape index (κ1) is 28.3. The molecule has 0 radical (unpaired) electrons. The highest BCUT2D eigenvalue weighted by Gasteiger charge is 2.91. The van der Waals surface area contributed by atoms with Crippen LogP contribution in [0.4, 0.5) is 0 Å². The van der Waals surface area contributed by atoms with E-state index in [1.54, 1.807) is 26.8 Å². The number of furan rings is 1. The molecular weight excluding hydrogens is 540 g/mol. The van der Waals surface area contributed by atoms with Gasteiger partial charge in [0.25, 0.3) is 0 Å². The lowest BCUT2D eigenvalue weighted by molar-refractivity contribution is -0.380. The largest absolute Gasteiger partial charge is 0.472 e. The number of esters is 3. The quantitative estimate of drug-likeness (QED) is 0.289. The summed E-state index contributed by atoms with van der Waals surface area (Å²) in [5, 5.41) is 49.0. The van der Waals surface area contributed by atoms with Crippen LogP contribution >= 0.6 is 0 Å². The summed E-state index contributed by atoms with van der Waals surface area (Å²) in [6.45, 7) is 5.99. The Labute approximate surface area is 235 Å². The Kier molecular flexibility index (Phi) is 5.65. The van der Waals surface area contributed by atoms with E-state index in [1.807, 2.05) is 0 Å². The number of rotatable bonds is 4. The second-order valence-corrected chi connectivity index (χ2v) is 13.4. The maximum Gasteiger partial charge on any atom is 0.335 e. The smallest absolute Gasteiger partial charge is 0.335 e. The van der Waals surface area contributed by atoms with Crippen molar-refractivity contribution in [2.75, 3.05) is 7.11 Å². The molecule has 0 spiro atoms. The fraction of sp³-hybridized carbons (Fsp3) is 0.724. The molecule has 41 heavy (non-hydrogen) atoms. The lowest BCUT2D eigenvalue weighted by Gasteiger charge is -2.73. The predicted octanol–water partition coefficient (Wildman–Crippen LogP) is 0.588. The van der Waals surface area contributed by atoms with E-state index < -0.39 is 99.2 Å². The van der Waals surface area contributed by atoms with Crippen LogP contribution in [0.3, 0.4) is 0 Å². The molecule has 2 heterocycles. The molecule has 2 bridgehead atoms. The minimum atomic E-state index is -2.53. The van der Waals surface area contributed by atoms with Crippen LogP contribution in [0.2, 0.25) is 0 Å². The molecule has 224 valence electrons. The Morgan fingerprint density at radius 3 is 2.44 bits per heavy atom. The molecule has 12 atom stereocenters. The van der Waals surface area contributed by atoms with Crippen molar-refractivity contribution in [3.63, 3.8) is 0 Å². The highest BCUT2D eigenvalue weighted by atomic mass is 16.6. The van der Waals surface area contributed by atoms with Crippen LogP contribution in [-0.2, 0) is 33.4 Å². The van der Waals surface area contributed by atoms with Crippen LogP contribution < -0.4 is 0 Å². The molecule has 4 aliphatic carbocycles. The first-order valence-corrected chi connectivity index (χ1v) is 13.9. The summed E-state index contributed by atoms with van der Waals surface area (Å²) < 4.78 is 21.7. The fourth-order valence-electron chi connectivity index (χ4n) is 10.5. The monoisotopic (exact) mass is 576 g/mol. The van der Waals surface area contributed by atoms with Gasteiger partial charge in [0.05, 0.1) is 38.1 Å². The summed E-state index contributed by atoms with van der Waals surface area (Å²) in [5.74, 6) is -7.09. The molecule has 6 rings (SSSR count). The second-order valence-electron chi connectivity index (χ2n) is 13.4. The fourth-order valence-corrected chi connectivity index (χ4v) is 10.5. The molecule has 5 aliphatic rings. The van der Waals surface area contributed by atoms with Gasteiger partial charge in [-0.15, -0.1) is 0 Å². The first-order chi connectivity index (χ1) is 19.0. The predicted molar refractivity (Wildman–Crippen MR) is 134 cm³/mol. The second kappa shape index (κ2) is 8.18. The average Bonchev–Trinajstić information content (AvgIpc) is 3.54. The van der Waals surface area contributed by atoms with Gasteiger partial charge >= 0.3 is 17.9 Å². The zero-order valence-corrected chi connectivity index (χ0v) is 23.6. The summed E-state index contributed by atoms with van der Waals surface area (Å²) in [5.41, 5.74) is -10.5. The van der Waals surface area contributed by atoms with E-state index in [9.17, 15) is 39.6 Å². The third-order valence-electron chi connectivity index (χ3n) is 12.0. The van der Waals surface area contributed by atoms with Crippen LogP contribution in [0, 0.1) is 34.0 Å². The van der Waals surface area contributed by atoms with Crippen molar-refractivity contribution in [2.24, 2.45) is 34.0 Å². The minimum absolute atomic E-state index is 0.0964. The SMILES string of the molecule is COC(=O)[C@H](O)[C@@H]1[C@@]2(C)[C@H]3CC[C@@]4(C)[C@H](c5ccoc5)OC(=O)C[C@]4(O)[C@@]3(O)[C@@H](O)[C@H]3C(=O)[C@]1(C)C[C@]32OC(C)=O. The number of fused-ring (bicyclic) bond motifs is 5.